The predicted molar refractivity (Wildman–Crippen MR) is 70.7 cm³/mol. The molecule has 0 saturated carbocycles. The van der Waals surface area contributed by atoms with Gasteiger partial charge in [-0.1, -0.05) is 0 Å². The van der Waals surface area contributed by atoms with Gasteiger partial charge in [-0.15, -0.1) is 23.1 Å². The molecule has 0 spiro atoms. The maximum atomic E-state index is 6.06. The summed E-state index contributed by atoms with van der Waals surface area (Å²) in [7, 11) is 0. The average Bonchev–Trinajstić information content (AvgIpc) is 2.53. The third-order valence-corrected chi connectivity index (χ3v) is 4.92. The molecule has 0 fully saturated rings. The summed E-state index contributed by atoms with van der Waals surface area (Å²) in [6.07, 6.45) is 2.06. The van der Waals surface area contributed by atoms with E-state index in [0.717, 1.165) is 5.69 Å². The molecule has 0 bridgehead atoms. The largest absolute Gasteiger partial charge is 0.397 e. The van der Waals surface area contributed by atoms with Crippen LogP contribution in [0.25, 0.3) is 10.1 Å². The van der Waals surface area contributed by atoms with Crippen LogP contribution in [0, 0.1) is 3.57 Å². The minimum absolute atomic E-state index is 0.935. The van der Waals surface area contributed by atoms with Crippen molar-refractivity contribution in [1.29, 1.82) is 0 Å². The van der Waals surface area contributed by atoms with E-state index in [0.29, 0.717) is 0 Å². The van der Waals surface area contributed by atoms with E-state index in [1.54, 1.807) is 23.1 Å². The first-order chi connectivity index (χ1) is 6.24. The number of fused-ring (bicyclic) bond motifs is 1. The molecule has 0 amide bonds. The Bertz CT molecular complexity index is 450. The van der Waals surface area contributed by atoms with E-state index in [4.69, 9.17) is 5.73 Å². The number of nitrogen functional groups attached to an aromatic ring is 1. The molecule has 0 unspecified atom stereocenters. The number of benzene rings is 1. The van der Waals surface area contributed by atoms with Crippen molar-refractivity contribution in [3.8, 4) is 0 Å². The van der Waals surface area contributed by atoms with Crippen LogP contribution < -0.4 is 5.73 Å². The summed E-state index contributed by atoms with van der Waals surface area (Å²) in [5, 5.41) is 3.34. The van der Waals surface area contributed by atoms with E-state index in [2.05, 4.69) is 46.4 Å². The predicted octanol–water partition coefficient (Wildman–Crippen LogP) is 3.81. The van der Waals surface area contributed by atoms with Gasteiger partial charge in [0, 0.05) is 8.47 Å². The molecule has 1 aromatic carbocycles. The molecule has 1 heterocycles. The second kappa shape index (κ2) is 3.67. The van der Waals surface area contributed by atoms with Crippen molar-refractivity contribution in [1.82, 2.24) is 0 Å². The van der Waals surface area contributed by atoms with E-state index in [-0.39, 0.29) is 0 Å². The van der Waals surface area contributed by atoms with Crippen LogP contribution in [0.4, 0.5) is 5.69 Å². The van der Waals surface area contributed by atoms with Crippen molar-refractivity contribution >= 4 is 61.5 Å². The van der Waals surface area contributed by atoms with Crippen molar-refractivity contribution in [2.45, 2.75) is 4.90 Å². The highest BCUT2D eigenvalue weighted by molar-refractivity contribution is 14.1. The SMILES string of the molecule is CSc1c(I)cc2ccsc2c1N. The van der Waals surface area contributed by atoms with Crippen molar-refractivity contribution in [3.63, 3.8) is 0 Å². The molecule has 13 heavy (non-hydrogen) atoms. The van der Waals surface area contributed by atoms with Gasteiger partial charge in [-0.2, -0.15) is 0 Å². The number of rotatable bonds is 1. The molecule has 0 aliphatic heterocycles. The van der Waals surface area contributed by atoms with Gasteiger partial charge in [0.05, 0.1) is 10.4 Å². The third-order valence-electron chi connectivity index (χ3n) is 1.89. The van der Waals surface area contributed by atoms with E-state index in [9.17, 15) is 0 Å². The minimum Gasteiger partial charge on any atom is -0.397 e. The molecule has 1 aromatic heterocycles. The smallest absolute Gasteiger partial charge is 0.0644 e. The summed E-state index contributed by atoms with van der Waals surface area (Å²) >= 11 is 5.76. The number of hydrogen-bond donors (Lipinski definition) is 1. The molecular weight excluding hydrogens is 313 g/mol. The minimum atomic E-state index is 0.935. The van der Waals surface area contributed by atoms with Crippen LogP contribution in [-0.4, -0.2) is 6.26 Å². The average molecular weight is 321 g/mol. The zero-order valence-electron chi connectivity index (χ0n) is 7.00. The van der Waals surface area contributed by atoms with Crippen molar-refractivity contribution in [2.24, 2.45) is 0 Å². The first kappa shape index (κ1) is 9.61. The Morgan fingerprint density at radius 1 is 1.54 bits per heavy atom. The maximum Gasteiger partial charge on any atom is 0.0644 e. The first-order valence-electron chi connectivity index (χ1n) is 3.73. The lowest BCUT2D eigenvalue weighted by Gasteiger charge is -2.06. The van der Waals surface area contributed by atoms with Crippen LogP contribution in [-0.2, 0) is 0 Å². The molecular formula is C9H8INS2. The summed E-state index contributed by atoms with van der Waals surface area (Å²) in [4.78, 5) is 1.20. The highest BCUT2D eigenvalue weighted by atomic mass is 127. The van der Waals surface area contributed by atoms with Crippen LogP contribution in [0.1, 0.15) is 0 Å². The van der Waals surface area contributed by atoms with E-state index in [1.165, 1.54) is 18.6 Å². The summed E-state index contributed by atoms with van der Waals surface area (Å²) in [5.74, 6) is 0. The zero-order chi connectivity index (χ0) is 9.42. The van der Waals surface area contributed by atoms with Gasteiger partial charge in [0.25, 0.3) is 0 Å². The van der Waals surface area contributed by atoms with Gasteiger partial charge in [-0.3, -0.25) is 0 Å². The highest BCUT2D eigenvalue weighted by Gasteiger charge is 2.08. The summed E-state index contributed by atoms with van der Waals surface area (Å²) in [6, 6.07) is 4.30. The Morgan fingerprint density at radius 2 is 2.31 bits per heavy atom. The number of thioether (sulfide) groups is 1. The molecule has 2 aromatic rings. The molecule has 0 radical (unpaired) electrons. The molecule has 2 rings (SSSR count). The van der Waals surface area contributed by atoms with Crippen molar-refractivity contribution < 1.29 is 0 Å². The number of anilines is 1. The van der Waals surface area contributed by atoms with Crippen LogP contribution in [0.2, 0.25) is 0 Å². The fourth-order valence-electron chi connectivity index (χ4n) is 1.29. The van der Waals surface area contributed by atoms with Crippen LogP contribution in [0.15, 0.2) is 22.4 Å². The van der Waals surface area contributed by atoms with Crippen molar-refractivity contribution in [3.05, 3.63) is 21.1 Å². The number of hydrogen-bond acceptors (Lipinski definition) is 3. The summed E-state index contributed by atoms with van der Waals surface area (Å²) in [5.41, 5.74) is 6.99. The van der Waals surface area contributed by atoms with Gasteiger partial charge in [0.15, 0.2) is 0 Å². The fourth-order valence-corrected chi connectivity index (χ4v) is 4.06. The number of thiophene rings is 1. The van der Waals surface area contributed by atoms with Gasteiger partial charge >= 0.3 is 0 Å². The lowest BCUT2D eigenvalue weighted by Crippen LogP contribution is -1.90. The summed E-state index contributed by atoms with van der Waals surface area (Å²) in [6.45, 7) is 0. The fraction of sp³-hybridized carbons (Fsp3) is 0.111. The van der Waals surface area contributed by atoms with Crippen LogP contribution in [0.3, 0.4) is 0 Å². The molecule has 1 nitrogen and oxygen atoms in total. The van der Waals surface area contributed by atoms with Gasteiger partial charge < -0.3 is 5.73 Å². The Labute approximate surface area is 98.8 Å². The standard InChI is InChI=1S/C9H8INS2/c1-12-9-6(10)4-5-2-3-13-8(5)7(9)11/h2-4H,11H2,1H3. The quantitative estimate of drug-likeness (QED) is 0.491. The molecule has 0 saturated heterocycles. The second-order valence-electron chi connectivity index (χ2n) is 2.64. The highest BCUT2D eigenvalue weighted by Crippen LogP contribution is 2.37. The lowest BCUT2D eigenvalue weighted by molar-refractivity contribution is 1.46. The molecule has 68 valence electrons. The van der Waals surface area contributed by atoms with Crippen molar-refractivity contribution in [2.75, 3.05) is 12.0 Å². The molecule has 0 atom stereocenters. The van der Waals surface area contributed by atoms with E-state index in [1.807, 2.05) is 0 Å². The van der Waals surface area contributed by atoms with Gasteiger partial charge in [0.2, 0.25) is 0 Å². The number of nitrogens with two attached hydrogens (primary N) is 1. The van der Waals surface area contributed by atoms with Crippen LogP contribution in [0.5, 0.6) is 0 Å². The Kier molecular flexibility index (Phi) is 2.71. The molecule has 0 aliphatic carbocycles. The second-order valence-corrected chi connectivity index (χ2v) is 5.54. The summed E-state index contributed by atoms with van der Waals surface area (Å²) < 4.78 is 2.46. The Hall–Kier alpha value is 0.0600. The number of halogens is 1. The van der Waals surface area contributed by atoms with Crippen LogP contribution >= 0.6 is 45.7 Å². The van der Waals surface area contributed by atoms with Gasteiger partial charge in [0.1, 0.15) is 0 Å². The third kappa shape index (κ3) is 1.55. The monoisotopic (exact) mass is 321 g/mol. The molecule has 2 N–H and O–H groups in total. The Balaban J connectivity index is 2.85. The van der Waals surface area contributed by atoms with E-state index < -0.39 is 0 Å². The first-order valence-corrected chi connectivity index (χ1v) is 6.91. The molecule has 0 aliphatic rings. The van der Waals surface area contributed by atoms with Gasteiger partial charge in [-0.05, 0) is 51.7 Å². The van der Waals surface area contributed by atoms with E-state index >= 15 is 0 Å². The maximum absolute atomic E-state index is 6.06. The Morgan fingerprint density at radius 3 is 3.00 bits per heavy atom. The topological polar surface area (TPSA) is 26.0 Å². The normalized spacial score (nSPS) is 10.9. The molecule has 4 heteroatoms. The lowest BCUT2D eigenvalue weighted by atomic mass is 10.2. The van der Waals surface area contributed by atoms with Gasteiger partial charge in [-0.25, -0.2) is 0 Å². The zero-order valence-corrected chi connectivity index (χ0v) is 10.8.